The van der Waals surface area contributed by atoms with Gasteiger partial charge < -0.3 is 10.6 Å². The zero-order valence-electron chi connectivity index (χ0n) is 26.8. The largest absolute Gasteiger partial charge is 0.348 e. The van der Waals surface area contributed by atoms with Gasteiger partial charge in [-0.1, -0.05) is 121 Å². The van der Waals surface area contributed by atoms with Gasteiger partial charge in [-0.05, 0) is 48.2 Å². The van der Waals surface area contributed by atoms with Crippen molar-refractivity contribution in [3.05, 3.63) is 167 Å². The highest BCUT2D eigenvalue weighted by Crippen LogP contribution is 2.31. The van der Waals surface area contributed by atoms with Crippen molar-refractivity contribution < 1.29 is 9.59 Å². The van der Waals surface area contributed by atoms with Gasteiger partial charge in [0, 0.05) is 35.0 Å². The Hall–Kier alpha value is -6.14. The van der Waals surface area contributed by atoms with Crippen LogP contribution in [0.5, 0.6) is 0 Å². The quantitative estimate of drug-likeness (QED) is 0.177. The van der Waals surface area contributed by atoms with Crippen LogP contribution in [0, 0.1) is 13.8 Å². The zero-order valence-corrected chi connectivity index (χ0v) is 26.8. The average molecular weight is 627 g/mol. The van der Waals surface area contributed by atoms with Gasteiger partial charge >= 0.3 is 0 Å². The SMILES string of the molecule is Cc1c(-c2ccccc2)nc2ccccc2c1C(=O)NCc1ccc(CNC(=O)c2c(C)c(-c3ccccc3)nc3ccccc23)cc1. The fourth-order valence-electron chi connectivity index (χ4n) is 6.27. The second-order valence-electron chi connectivity index (χ2n) is 11.9. The Morgan fingerprint density at radius 3 is 1.23 bits per heavy atom. The molecule has 2 amide bonds. The van der Waals surface area contributed by atoms with Crippen molar-refractivity contribution >= 4 is 33.6 Å². The molecule has 0 saturated heterocycles. The van der Waals surface area contributed by atoms with E-state index in [2.05, 4.69) is 10.6 Å². The number of carbonyl (C=O) groups excluding carboxylic acids is 2. The van der Waals surface area contributed by atoms with Crippen LogP contribution in [0.4, 0.5) is 0 Å². The summed E-state index contributed by atoms with van der Waals surface area (Å²) in [5, 5.41) is 7.89. The highest BCUT2D eigenvalue weighted by Gasteiger charge is 2.20. The lowest BCUT2D eigenvalue weighted by Crippen LogP contribution is -2.25. The number of fused-ring (bicyclic) bond motifs is 2. The first-order chi connectivity index (χ1) is 23.5. The van der Waals surface area contributed by atoms with E-state index >= 15 is 0 Å². The maximum absolute atomic E-state index is 13.7. The number of benzene rings is 5. The number of aromatic nitrogens is 2. The Morgan fingerprint density at radius 1 is 0.479 bits per heavy atom. The van der Waals surface area contributed by atoms with Crippen molar-refractivity contribution in [2.75, 3.05) is 0 Å². The van der Waals surface area contributed by atoms with Crippen molar-refractivity contribution in [2.24, 2.45) is 0 Å². The molecule has 2 N–H and O–H groups in total. The minimum atomic E-state index is -0.144. The van der Waals surface area contributed by atoms with Gasteiger partial charge in [-0.25, -0.2) is 9.97 Å². The molecule has 0 radical (unpaired) electrons. The van der Waals surface area contributed by atoms with E-state index in [0.717, 1.165) is 66.6 Å². The van der Waals surface area contributed by atoms with E-state index in [1.54, 1.807) is 0 Å². The predicted molar refractivity (Wildman–Crippen MR) is 193 cm³/mol. The average Bonchev–Trinajstić information content (AvgIpc) is 3.13. The van der Waals surface area contributed by atoms with Crippen LogP contribution in [0.25, 0.3) is 44.3 Å². The van der Waals surface area contributed by atoms with Crippen molar-refractivity contribution in [3.8, 4) is 22.5 Å². The molecule has 6 heteroatoms. The molecule has 0 spiro atoms. The van der Waals surface area contributed by atoms with Gasteiger partial charge in [0.25, 0.3) is 11.8 Å². The number of para-hydroxylation sites is 2. The third-order valence-electron chi connectivity index (χ3n) is 8.75. The molecule has 6 nitrogen and oxygen atoms in total. The van der Waals surface area contributed by atoms with Gasteiger partial charge in [0.05, 0.1) is 33.5 Å². The number of carbonyl (C=O) groups is 2. The molecule has 5 aromatic carbocycles. The number of rotatable bonds is 8. The minimum absolute atomic E-state index is 0.144. The van der Waals surface area contributed by atoms with Gasteiger partial charge in [0.15, 0.2) is 0 Å². The second kappa shape index (κ2) is 13.3. The molecular weight excluding hydrogens is 592 g/mol. The Balaban J connectivity index is 1.06. The minimum Gasteiger partial charge on any atom is -0.348 e. The number of nitrogens with zero attached hydrogens (tertiary/aromatic N) is 2. The van der Waals surface area contributed by atoms with E-state index in [-0.39, 0.29) is 11.8 Å². The molecule has 0 unspecified atom stereocenters. The highest BCUT2D eigenvalue weighted by molar-refractivity contribution is 6.09. The third kappa shape index (κ3) is 6.04. The van der Waals surface area contributed by atoms with Crippen LogP contribution in [0.2, 0.25) is 0 Å². The number of nitrogens with one attached hydrogen (secondary N) is 2. The normalized spacial score (nSPS) is 11.0. The van der Waals surface area contributed by atoms with Crippen molar-refractivity contribution in [1.82, 2.24) is 20.6 Å². The van der Waals surface area contributed by atoms with Crippen LogP contribution < -0.4 is 10.6 Å². The molecule has 2 aromatic heterocycles. The molecule has 7 aromatic rings. The fourth-order valence-corrected chi connectivity index (χ4v) is 6.27. The summed E-state index contributed by atoms with van der Waals surface area (Å²) >= 11 is 0. The third-order valence-corrected chi connectivity index (χ3v) is 8.75. The highest BCUT2D eigenvalue weighted by atomic mass is 16.2. The van der Waals surface area contributed by atoms with E-state index < -0.39 is 0 Å². The standard InChI is InChI=1S/C42H34N4O2/c1-27-37(33-17-9-11-19-35(33)45-39(27)31-13-5-3-6-14-31)41(47)43-25-29-21-23-30(24-22-29)26-44-42(48)38-28(2)40(32-15-7-4-8-16-32)46-36-20-12-10-18-34(36)38/h3-24H,25-26H2,1-2H3,(H,43,47)(H,44,48). The van der Waals surface area contributed by atoms with E-state index in [1.807, 2.05) is 147 Å². The Bertz CT molecular complexity index is 2120. The molecule has 0 aliphatic rings. The van der Waals surface area contributed by atoms with E-state index in [9.17, 15) is 9.59 Å². The first-order valence-corrected chi connectivity index (χ1v) is 16.0. The maximum Gasteiger partial charge on any atom is 0.252 e. The van der Waals surface area contributed by atoms with E-state index in [4.69, 9.17) is 9.97 Å². The Labute approximate surface area is 279 Å². The lowest BCUT2D eigenvalue weighted by atomic mass is 9.97. The van der Waals surface area contributed by atoms with Crippen molar-refractivity contribution in [3.63, 3.8) is 0 Å². The summed E-state index contributed by atoms with van der Waals surface area (Å²) in [6.07, 6.45) is 0. The topological polar surface area (TPSA) is 84.0 Å². The summed E-state index contributed by atoms with van der Waals surface area (Å²) < 4.78 is 0. The first-order valence-electron chi connectivity index (χ1n) is 16.0. The Morgan fingerprint density at radius 2 is 0.833 bits per heavy atom. The van der Waals surface area contributed by atoms with E-state index in [1.165, 1.54) is 0 Å². The summed E-state index contributed by atoms with van der Waals surface area (Å²) in [5.41, 5.74) is 9.99. The van der Waals surface area contributed by atoms with E-state index in [0.29, 0.717) is 24.2 Å². The lowest BCUT2D eigenvalue weighted by Gasteiger charge is -2.15. The molecule has 0 aliphatic carbocycles. The van der Waals surface area contributed by atoms with Crippen LogP contribution in [0.3, 0.4) is 0 Å². The van der Waals surface area contributed by atoms with Crippen LogP contribution >= 0.6 is 0 Å². The predicted octanol–water partition coefficient (Wildman–Crippen LogP) is 8.59. The molecule has 0 aliphatic heterocycles. The van der Waals surface area contributed by atoms with Gasteiger partial charge in [0.1, 0.15) is 0 Å². The summed E-state index contributed by atoms with van der Waals surface area (Å²) in [4.78, 5) is 37.1. The van der Waals surface area contributed by atoms with Crippen LogP contribution in [-0.4, -0.2) is 21.8 Å². The number of hydrogen-bond donors (Lipinski definition) is 2. The molecule has 0 fully saturated rings. The molecule has 48 heavy (non-hydrogen) atoms. The molecule has 0 saturated carbocycles. The number of hydrogen-bond acceptors (Lipinski definition) is 4. The molecule has 7 rings (SSSR count). The van der Waals surface area contributed by atoms with Gasteiger partial charge in [-0.3, -0.25) is 9.59 Å². The smallest absolute Gasteiger partial charge is 0.252 e. The van der Waals surface area contributed by atoms with Gasteiger partial charge in [-0.2, -0.15) is 0 Å². The second-order valence-corrected chi connectivity index (χ2v) is 11.9. The zero-order chi connectivity index (χ0) is 33.0. The molecule has 234 valence electrons. The first kappa shape index (κ1) is 30.5. The summed E-state index contributed by atoms with van der Waals surface area (Å²) in [6.45, 7) is 4.65. The molecule has 0 atom stereocenters. The van der Waals surface area contributed by atoms with Crippen molar-refractivity contribution in [2.45, 2.75) is 26.9 Å². The number of amides is 2. The summed E-state index contributed by atoms with van der Waals surface area (Å²) in [6, 6.07) is 43.3. The molecular formula is C42H34N4O2. The maximum atomic E-state index is 13.7. The summed E-state index contributed by atoms with van der Waals surface area (Å²) in [5.74, 6) is -0.288. The van der Waals surface area contributed by atoms with Crippen molar-refractivity contribution in [1.29, 1.82) is 0 Å². The van der Waals surface area contributed by atoms with Gasteiger partial charge in [-0.15, -0.1) is 0 Å². The monoisotopic (exact) mass is 626 g/mol. The molecule has 2 heterocycles. The Kier molecular flexibility index (Phi) is 8.46. The van der Waals surface area contributed by atoms with Crippen LogP contribution in [0.15, 0.2) is 133 Å². The molecule has 0 bridgehead atoms. The fraction of sp³-hybridized carbons (Fsp3) is 0.0952. The summed E-state index contributed by atoms with van der Waals surface area (Å²) in [7, 11) is 0. The van der Waals surface area contributed by atoms with Gasteiger partial charge in [0.2, 0.25) is 0 Å². The van der Waals surface area contributed by atoms with Crippen LogP contribution in [0.1, 0.15) is 43.0 Å². The number of pyridine rings is 2. The lowest BCUT2D eigenvalue weighted by molar-refractivity contribution is 0.0943. The van der Waals surface area contributed by atoms with Crippen LogP contribution in [-0.2, 0) is 13.1 Å².